The molecule has 6 aromatic carbocycles. The van der Waals surface area contributed by atoms with Crippen LogP contribution >= 0.6 is 0 Å². The first-order chi connectivity index (χ1) is 23.5. The number of nitrogens with zero attached hydrogens (tertiary/aromatic N) is 1. The first kappa shape index (κ1) is 29.3. The molecule has 2 bridgehead atoms. The van der Waals surface area contributed by atoms with Gasteiger partial charge in [-0.2, -0.15) is 0 Å². The summed E-state index contributed by atoms with van der Waals surface area (Å²) in [7, 11) is 0. The fraction of sp³-hybridized carbons (Fsp3) is 0.234. The first-order valence-corrected chi connectivity index (χ1v) is 17.9. The van der Waals surface area contributed by atoms with Gasteiger partial charge in [0.15, 0.2) is 0 Å². The number of fused-ring (bicyclic) bond motifs is 5. The van der Waals surface area contributed by atoms with Gasteiger partial charge in [-0.25, -0.2) is 0 Å². The fourth-order valence-corrected chi connectivity index (χ4v) is 9.46. The van der Waals surface area contributed by atoms with E-state index in [4.69, 9.17) is 0 Å². The minimum absolute atomic E-state index is 0.0605. The summed E-state index contributed by atoms with van der Waals surface area (Å²) in [4.78, 5) is 2.46. The molecule has 48 heavy (non-hydrogen) atoms. The van der Waals surface area contributed by atoms with Crippen molar-refractivity contribution < 1.29 is 0 Å². The van der Waals surface area contributed by atoms with Crippen LogP contribution in [-0.4, -0.2) is 0 Å². The van der Waals surface area contributed by atoms with Gasteiger partial charge in [-0.15, -0.1) is 0 Å². The molecule has 9 rings (SSSR count). The van der Waals surface area contributed by atoms with Gasteiger partial charge in [0, 0.05) is 22.5 Å². The van der Waals surface area contributed by atoms with Gasteiger partial charge < -0.3 is 4.90 Å². The lowest BCUT2D eigenvalue weighted by molar-refractivity contribution is 0.420. The highest BCUT2D eigenvalue weighted by molar-refractivity contribution is 5.88. The Morgan fingerprint density at radius 1 is 0.542 bits per heavy atom. The van der Waals surface area contributed by atoms with Crippen LogP contribution in [0.25, 0.3) is 33.4 Å². The summed E-state index contributed by atoms with van der Waals surface area (Å²) in [6.45, 7) is 7.02. The summed E-state index contributed by atoms with van der Waals surface area (Å²) in [6.07, 6.45) is 5.66. The molecule has 1 nitrogen and oxygen atoms in total. The zero-order valence-corrected chi connectivity index (χ0v) is 28.3. The van der Waals surface area contributed by atoms with E-state index in [1.165, 1.54) is 98.4 Å². The molecule has 0 heterocycles. The highest BCUT2D eigenvalue weighted by atomic mass is 15.1. The number of aryl methyl sites for hydroxylation is 1. The van der Waals surface area contributed by atoms with Gasteiger partial charge in [0.1, 0.15) is 0 Å². The Morgan fingerprint density at radius 3 is 1.85 bits per heavy atom. The molecule has 6 aromatic rings. The number of benzene rings is 6. The summed E-state index contributed by atoms with van der Waals surface area (Å²) in [6, 6.07) is 52.2. The molecule has 0 aliphatic heterocycles. The number of hydrogen-bond donors (Lipinski definition) is 0. The molecule has 3 atom stereocenters. The molecular weight excluding hydrogens is 579 g/mol. The lowest BCUT2D eigenvalue weighted by Gasteiger charge is -2.29. The monoisotopic (exact) mass is 621 g/mol. The van der Waals surface area contributed by atoms with Gasteiger partial charge in [0.05, 0.1) is 0 Å². The summed E-state index contributed by atoms with van der Waals surface area (Å²) < 4.78 is 0. The number of rotatable bonds is 6. The van der Waals surface area contributed by atoms with Crippen LogP contribution in [0, 0.1) is 18.8 Å². The van der Waals surface area contributed by atoms with Crippen molar-refractivity contribution in [2.75, 3.05) is 4.90 Å². The third-order valence-corrected chi connectivity index (χ3v) is 11.9. The van der Waals surface area contributed by atoms with Crippen LogP contribution in [0.2, 0.25) is 0 Å². The van der Waals surface area contributed by atoms with Crippen molar-refractivity contribution in [3.63, 3.8) is 0 Å². The van der Waals surface area contributed by atoms with E-state index in [9.17, 15) is 0 Å². The molecule has 0 N–H and O–H groups in total. The highest BCUT2D eigenvalue weighted by Gasteiger charge is 2.40. The van der Waals surface area contributed by atoms with Crippen molar-refractivity contribution in [3.8, 4) is 33.4 Å². The molecular formula is C47H43N. The maximum Gasteiger partial charge on any atom is 0.0465 e. The Labute approximate surface area is 285 Å². The van der Waals surface area contributed by atoms with E-state index in [0.717, 1.165) is 17.8 Å². The maximum atomic E-state index is 2.46. The standard InChI is InChI=1S/C47H43N/c1-31-10-9-15-44-46(31)42-27-26-39(30-45(42)47(44,2)3)48(38-24-20-35(21-25-38)43-29-32-16-17-36(43)28-32)37-22-18-34(19-23-37)41-14-8-7-13-40(41)33-11-5-4-6-12-33/h4-15,18-27,30,32,36,43H,16-17,28-29H2,1-3H3. The van der Waals surface area contributed by atoms with Crippen molar-refractivity contribution in [1.82, 2.24) is 0 Å². The molecule has 236 valence electrons. The summed E-state index contributed by atoms with van der Waals surface area (Å²) >= 11 is 0. The van der Waals surface area contributed by atoms with Crippen LogP contribution in [0.3, 0.4) is 0 Å². The van der Waals surface area contributed by atoms with Crippen molar-refractivity contribution in [2.45, 2.75) is 57.8 Å². The van der Waals surface area contributed by atoms with Gasteiger partial charge in [0.25, 0.3) is 0 Å². The Kier molecular flexibility index (Phi) is 6.94. The van der Waals surface area contributed by atoms with Crippen molar-refractivity contribution >= 4 is 17.1 Å². The number of anilines is 3. The highest BCUT2D eigenvalue weighted by Crippen LogP contribution is 2.54. The van der Waals surface area contributed by atoms with Gasteiger partial charge in [-0.05, 0) is 136 Å². The van der Waals surface area contributed by atoms with Crippen LogP contribution in [0.5, 0.6) is 0 Å². The first-order valence-electron chi connectivity index (χ1n) is 17.9. The summed E-state index contributed by atoms with van der Waals surface area (Å²) in [5, 5.41) is 0. The van der Waals surface area contributed by atoms with Crippen molar-refractivity contribution in [1.29, 1.82) is 0 Å². The topological polar surface area (TPSA) is 3.24 Å². The predicted molar refractivity (Wildman–Crippen MR) is 202 cm³/mol. The fourth-order valence-electron chi connectivity index (χ4n) is 9.46. The zero-order chi connectivity index (χ0) is 32.4. The Bertz CT molecular complexity index is 2120. The van der Waals surface area contributed by atoms with E-state index < -0.39 is 0 Å². The van der Waals surface area contributed by atoms with E-state index in [2.05, 4.69) is 165 Å². The molecule has 3 aliphatic rings. The van der Waals surface area contributed by atoms with Crippen LogP contribution < -0.4 is 4.90 Å². The van der Waals surface area contributed by atoms with Crippen LogP contribution in [0.1, 0.15) is 67.7 Å². The van der Waals surface area contributed by atoms with Gasteiger partial charge in [-0.1, -0.05) is 123 Å². The average molecular weight is 622 g/mol. The minimum atomic E-state index is -0.0605. The normalized spacial score (nSPS) is 20.0. The molecule has 2 fully saturated rings. The second-order valence-corrected chi connectivity index (χ2v) is 15.0. The minimum Gasteiger partial charge on any atom is -0.310 e. The van der Waals surface area contributed by atoms with Crippen molar-refractivity contribution in [3.05, 3.63) is 162 Å². The smallest absolute Gasteiger partial charge is 0.0465 e. The predicted octanol–water partition coefficient (Wildman–Crippen LogP) is 13.0. The molecule has 2 saturated carbocycles. The quantitative estimate of drug-likeness (QED) is 0.179. The van der Waals surface area contributed by atoms with Gasteiger partial charge in [0.2, 0.25) is 0 Å². The maximum absolute atomic E-state index is 2.46. The molecule has 1 heteroatoms. The van der Waals surface area contributed by atoms with E-state index in [0.29, 0.717) is 0 Å². The van der Waals surface area contributed by atoms with Gasteiger partial charge >= 0.3 is 0 Å². The second-order valence-electron chi connectivity index (χ2n) is 15.0. The average Bonchev–Trinajstić information content (AvgIpc) is 3.83. The second kappa shape index (κ2) is 11.4. The Morgan fingerprint density at radius 2 is 1.19 bits per heavy atom. The largest absolute Gasteiger partial charge is 0.310 e. The molecule has 0 amide bonds. The third-order valence-electron chi connectivity index (χ3n) is 11.9. The van der Waals surface area contributed by atoms with Crippen LogP contribution in [-0.2, 0) is 5.41 Å². The van der Waals surface area contributed by atoms with Crippen LogP contribution in [0.15, 0.2) is 140 Å². The third kappa shape index (κ3) is 4.74. The number of hydrogen-bond acceptors (Lipinski definition) is 1. The van der Waals surface area contributed by atoms with E-state index in [1.54, 1.807) is 0 Å². The lowest BCUT2D eigenvalue weighted by atomic mass is 9.82. The Hall–Kier alpha value is -4.88. The molecule has 0 aromatic heterocycles. The Balaban J connectivity index is 1.13. The summed E-state index contributed by atoms with van der Waals surface area (Å²) in [5.74, 6) is 2.56. The summed E-state index contributed by atoms with van der Waals surface area (Å²) in [5.41, 5.74) is 17.0. The van der Waals surface area contributed by atoms with Crippen LogP contribution in [0.4, 0.5) is 17.1 Å². The molecule has 0 spiro atoms. The zero-order valence-electron chi connectivity index (χ0n) is 28.3. The van der Waals surface area contributed by atoms with E-state index in [1.807, 2.05) is 0 Å². The molecule has 0 radical (unpaired) electrons. The van der Waals surface area contributed by atoms with Crippen molar-refractivity contribution in [2.24, 2.45) is 11.8 Å². The van der Waals surface area contributed by atoms with Gasteiger partial charge in [-0.3, -0.25) is 0 Å². The van der Waals surface area contributed by atoms with E-state index in [-0.39, 0.29) is 5.41 Å². The molecule has 3 aliphatic carbocycles. The lowest BCUT2D eigenvalue weighted by Crippen LogP contribution is -2.16. The SMILES string of the molecule is Cc1cccc2c1-c1ccc(N(c3ccc(-c4ccccc4-c4ccccc4)cc3)c3ccc(C4CC5CCC4C5)cc3)cc1C2(C)C. The van der Waals surface area contributed by atoms with E-state index >= 15 is 0 Å². The molecule has 3 unspecified atom stereocenters. The molecule has 0 saturated heterocycles.